The van der Waals surface area contributed by atoms with Gasteiger partial charge in [-0.05, 0) is 35.9 Å². The van der Waals surface area contributed by atoms with E-state index in [-0.39, 0.29) is 5.56 Å². The fourth-order valence-corrected chi connectivity index (χ4v) is 2.27. The molecule has 0 saturated carbocycles. The number of nitrogens with one attached hydrogen (secondary N) is 1. The third-order valence-corrected chi connectivity index (χ3v) is 3.52. The van der Waals surface area contributed by atoms with Crippen molar-refractivity contribution in [3.63, 3.8) is 0 Å². The lowest BCUT2D eigenvalue weighted by molar-refractivity contribution is 0.151. The van der Waals surface area contributed by atoms with Crippen LogP contribution in [0.2, 0.25) is 0 Å². The highest BCUT2D eigenvalue weighted by atomic mass is 19.3. The van der Waals surface area contributed by atoms with Crippen LogP contribution < -0.4 is 5.32 Å². The van der Waals surface area contributed by atoms with E-state index in [1.807, 2.05) is 12.1 Å². The molecule has 2 aromatic carbocycles. The zero-order valence-electron chi connectivity index (χ0n) is 12.1. The van der Waals surface area contributed by atoms with Crippen LogP contribution in [0, 0.1) is 11.3 Å². The first-order valence-corrected chi connectivity index (χ1v) is 7.07. The number of nitriles is 1. The van der Waals surface area contributed by atoms with E-state index in [2.05, 4.69) is 16.4 Å². The number of benzene rings is 2. The van der Waals surface area contributed by atoms with Crippen LogP contribution in [0.3, 0.4) is 0 Å². The summed E-state index contributed by atoms with van der Waals surface area (Å²) in [5, 5.41) is 13.0. The lowest BCUT2D eigenvalue weighted by Gasteiger charge is -2.08. The maximum Gasteiger partial charge on any atom is 0.263 e. The highest BCUT2D eigenvalue weighted by Gasteiger charge is 2.06. The second-order valence-electron chi connectivity index (χ2n) is 5.11. The normalized spacial score (nSPS) is 10.7. The zero-order valence-corrected chi connectivity index (χ0v) is 12.1. The number of pyridine rings is 1. The topological polar surface area (TPSA) is 48.7 Å². The van der Waals surface area contributed by atoms with Gasteiger partial charge in [0.15, 0.2) is 0 Å². The molecule has 1 heterocycles. The van der Waals surface area contributed by atoms with Crippen molar-refractivity contribution in [1.82, 2.24) is 4.98 Å². The van der Waals surface area contributed by atoms with Gasteiger partial charge < -0.3 is 5.32 Å². The molecular weight excluding hydrogens is 296 g/mol. The molecule has 5 heteroatoms. The third kappa shape index (κ3) is 3.43. The average Bonchev–Trinajstić information content (AvgIpc) is 2.59. The summed E-state index contributed by atoms with van der Waals surface area (Å²) in [5.41, 5.74) is 2.31. The van der Waals surface area contributed by atoms with Crippen LogP contribution in [0.4, 0.5) is 14.6 Å². The summed E-state index contributed by atoms with van der Waals surface area (Å²) in [7, 11) is 0. The van der Waals surface area contributed by atoms with Crippen LogP contribution in [-0.2, 0) is 6.54 Å². The third-order valence-electron chi connectivity index (χ3n) is 3.52. The van der Waals surface area contributed by atoms with Crippen molar-refractivity contribution in [3.8, 4) is 6.07 Å². The SMILES string of the molecule is N#Cc1ccc2nc(NCc3ccc(C(F)F)cc3)ccc2c1. The molecule has 0 atom stereocenters. The van der Waals surface area contributed by atoms with E-state index in [1.165, 1.54) is 12.1 Å². The quantitative estimate of drug-likeness (QED) is 0.762. The van der Waals surface area contributed by atoms with E-state index in [1.54, 1.807) is 30.3 Å². The summed E-state index contributed by atoms with van der Waals surface area (Å²) in [5.74, 6) is 0.695. The number of fused-ring (bicyclic) bond motifs is 1. The fraction of sp³-hybridized carbons (Fsp3) is 0.111. The number of hydrogen-bond donors (Lipinski definition) is 1. The number of nitrogens with zero attached hydrogens (tertiary/aromatic N) is 2. The molecule has 0 saturated heterocycles. The van der Waals surface area contributed by atoms with E-state index >= 15 is 0 Å². The molecule has 0 aliphatic rings. The van der Waals surface area contributed by atoms with Gasteiger partial charge >= 0.3 is 0 Å². The minimum atomic E-state index is -2.45. The Labute approximate surface area is 132 Å². The molecule has 0 fully saturated rings. The Morgan fingerprint density at radius 3 is 2.52 bits per heavy atom. The lowest BCUT2D eigenvalue weighted by atomic mass is 10.1. The second kappa shape index (κ2) is 6.41. The molecule has 1 N–H and O–H groups in total. The average molecular weight is 309 g/mol. The van der Waals surface area contributed by atoms with Crippen LogP contribution in [0.25, 0.3) is 10.9 Å². The monoisotopic (exact) mass is 309 g/mol. The number of alkyl halides is 2. The van der Waals surface area contributed by atoms with Crippen LogP contribution in [-0.4, -0.2) is 4.98 Å². The smallest absolute Gasteiger partial charge is 0.263 e. The van der Waals surface area contributed by atoms with Crippen molar-refractivity contribution >= 4 is 16.7 Å². The molecule has 0 unspecified atom stereocenters. The van der Waals surface area contributed by atoms with Gasteiger partial charge in [0.05, 0.1) is 17.1 Å². The standard InChI is InChI=1S/C18H13F2N3/c19-18(20)14-4-1-12(2-5-14)11-22-17-8-6-15-9-13(10-21)3-7-16(15)23-17/h1-9,18H,11H2,(H,22,23). The summed E-state index contributed by atoms with van der Waals surface area (Å²) >= 11 is 0. The second-order valence-corrected chi connectivity index (χ2v) is 5.11. The zero-order chi connectivity index (χ0) is 16.2. The van der Waals surface area contributed by atoms with Gasteiger partial charge in [0.1, 0.15) is 5.82 Å². The van der Waals surface area contributed by atoms with Crippen LogP contribution in [0.1, 0.15) is 23.1 Å². The van der Waals surface area contributed by atoms with E-state index in [4.69, 9.17) is 5.26 Å². The van der Waals surface area contributed by atoms with E-state index in [0.29, 0.717) is 17.9 Å². The molecule has 1 aromatic heterocycles. The Balaban J connectivity index is 1.73. The Morgan fingerprint density at radius 2 is 1.83 bits per heavy atom. The maximum absolute atomic E-state index is 12.5. The minimum absolute atomic E-state index is 0.0193. The number of anilines is 1. The van der Waals surface area contributed by atoms with Gasteiger partial charge in [-0.1, -0.05) is 24.3 Å². The van der Waals surface area contributed by atoms with Gasteiger partial charge in [0, 0.05) is 17.5 Å². The van der Waals surface area contributed by atoms with Crippen molar-refractivity contribution in [2.75, 3.05) is 5.32 Å². The van der Waals surface area contributed by atoms with E-state index in [9.17, 15) is 8.78 Å². The summed E-state index contributed by atoms with van der Waals surface area (Å²) in [4.78, 5) is 4.47. The maximum atomic E-state index is 12.5. The van der Waals surface area contributed by atoms with Gasteiger partial charge in [-0.2, -0.15) is 5.26 Å². The predicted octanol–water partition coefficient (Wildman–Crippen LogP) is 4.66. The molecule has 3 rings (SSSR count). The molecule has 0 aliphatic heterocycles. The van der Waals surface area contributed by atoms with Crippen molar-refractivity contribution < 1.29 is 8.78 Å². The van der Waals surface area contributed by atoms with E-state index in [0.717, 1.165) is 16.5 Å². The first-order chi connectivity index (χ1) is 11.2. The molecule has 3 aromatic rings. The van der Waals surface area contributed by atoms with E-state index < -0.39 is 6.43 Å². The summed E-state index contributed by atoms with van der Waals surface area (Å²) in [6, 6.07) is 17.3. The molecule has 0 aliphatic carbocycles. The largest absolute Gasteiger partial charge is 0.366 e. The van der Waals surface area contributed by atoms with Crippen molar-refractivity contribution in [2.45, 2.75) is 13.0 Å². The van der Waals surface area contributed by atoms with Crippen LogP contribution >= 0.6 is 0 Å². The van der Waals surface area contributed by atoms with Gasteiger partial charge in [0.2, 0.25) is 0 Å². The summed E-state index contributed by atoms with van der Waals surface area (Å²) in [6.07, 6.45) is -2.45. The lowest BCUT2D eigenvalue weighted by Crippen LogP contribution is -2.01. The van der Waals surface area contributed by atoms with Crippen molar-refractivity contribution in [2.24, 2.45) is 0 Å². The first kappa shape index (κ1) is 14.9. The number of halogens is 2. The Bertz CT molecular complexity index is 868. The van der Waals surface area contributed by atoms with Crippen molar-refractivity contribution in [3.05, 3.63) is 71.3 Å². The van der Waals surface area contributed by atoms with Crippen LogP contribution in [0.5, 0.6) is 0 Å². The molecule has 23 heavy (non-hydrogen) atoms. The van der Waals surface area contributed by atoms with Gasteiger partial charge in [-0.25, -0.2) is 13.8 Å². The minimum Gasteiger partial charge on any atom is -0.366 e. The highest BCUT2D eigenvalue weighted by molar-refractivity contribution is 5.81. The van der Waals surface area contributed by atoms with Gasteiger partial charge in [-0.3, -0.25) is 0 Å². The molecule has 0 spiro atoms. The van der Waals surface area contributed by atoms with Gasteiger partial charge in [0.25, 0.3) is 6.43 Å². The molecular formula is C18H13F2N3. The molecule has 114 valence electrons. The number of aromatic nitrogens is 1. The summed E-state index contributed by atoms with van der Waals surface area (Å²) < 4.78 is 25.0. The summed E-state index contributed by atoms with van der Waals surface area (Å²) in [6.45, 7) is 0.498. The molecule has 0 amide bonds. The Hall–Kier alpha value is -3.00. The van der Waals surface area contributed by atoms with Crippen LogP contribution in [0.15, 0.2) is 54.6 Å². The van der Waals surface area contributed by atoms with Crippen molar-refractivity contribution in [1.29, 1.82) is 5.26 Å². The molecule has 0 bridgehead atoms. The van der Waals surface area contributed by atoms with Gasteiger partial charge in [-0.15, -0.1) is 0 Å². The molecule has 3 nitrogen and oxygen atoms in total. The first-order valence-electron chi connectivity index (χ1n) is 7.07. The Kier molecular flexibility index (Phi) is 4.15. The highest BCUT2D eigenvalue weighted by Crippen LogP contribution is 2.20. The predicted molar refractivity (Wildman–Crippen MR) is 85.2 cm³/mol. The molecule has 0 radical (unpaired) electrons. The number of hydrogen-bond acceptors (Lipinski definition) is 3. The Morgan fingerprint density at radius 1 is 1.04 bits per heavy atom. The fourth-order valence-electron chi connectivity index (χ4n) is 2.27. The number of rotatable bonds is 4.